The minimum atomic E-state index is 0. The van der Waals surface area contributed by atoms with E-state index in [9.17, 15) is 4.79 Å². The molecule has 5 nitrogen and oxygen atoms in total. The summed E-state index contributed by atoms with van der Waals surface area (Å²) in [5.74, 6) is 2.27. The second-order valence-electron chi connectivity index (χ2n) is 8.54. The number of aliphatic imine (C=N–C) groups is 1. The van der Waals surface area contributed by atoms with Crippen LogP contribution in [0.2, 0.25) is 0 Å². The van der Waals surface area contributed by atoms with Crippen LogP contribution in [0.5, 0.6) is 0 Å². The fourth-order valence-electron chi connectivity index (χ4n) is 4.55. The van der Waals surface area contributed by atoms with Crippen molar-refractivity contribution in [1.29, 1.82) is 0 Å². The molecule has 1 aliphatic heterocycles. The highest BCUT2D eigenvalue weighted by Gasteiger charge is 2.30. The van der Waals surface area contributed by atoms with Gasteiger partial charge in [-0.3, -0.25) is 9.79 Å². The van der Waals surface area contributed by atoms with Crippen molar-refractivity contribution in [3.8, 4) is 0 Å². The molecule has 0 aliphatic carbocycles. The Balaban J connectivity index is 0.00000363. The van der Waals surface area contributed by atoms with Gasteiger partial charge in [0.15, 0.2) is 5.96 Å². The van der Waals surface area contributed by atoms with Gasteiger partial charge in [0.1, 0.15) is 0 Å². The van der Waals surface area contributed by atoms with Crippen LogP contribution < -0.4 is 5.32 Å². The first-order chi connectivity index (χ1) is 15.0. The van der Waals surface area contributed by atoms with Gasteiger partial charge in [-0.1, -0.05) is 55.8 Å². The first kappa shape index (κ1) is 26.2. The quantitative estimate of drug-likeness (QED) is 0.325. The number of guanidine groups is 1. The summed E-state index contributed by atoms with van der Waals surface area (Å²) in [5, 5.41) is 3.54. The molecule has 174 valence electrons. The molecule has 0 aromatic heterocycles. The maximum Gasteiger partial charge on any atom is 0.253 e. The summed E-state index contributed by atoms with van der Waals surface area (Å²) in [6.07, 6.45) is 3.17. The van der Waals surface area contributed by atoms with Crippen molar-refractivity contribution in [3.05, 3.63) is 71.3 Å². The molecule has 1 amide bonds. The fourth-order valence-corrected chi connectivity index (χ4v) is 4.55. The zero-order valence-electron chi connectivity index (χ0n) is 19.8. The molecular formula is C26H37IN4O. The van der Waals surface area contributed by atoms with Gasteiger partial charge in [-0.2, -0.15) is 0 Å². The number of amides is 1. The van der Waals surface area contributed by atoms with Crippen LogP contribution in [0.4, 0.5) is 0 Å². The molecule has 1 fully saturated rings. The van der Waals surface area contributed by atoms with Crippen LogP contribution in [-0.2, 0) is 6.42 Å². The number of nitrogens with zero attached hydrogens (tertiary/aromatic N) is 3. The Morgan fingerprint density at radius 1 is 1.16 bits per heavy atom. The normalized spacial score (nSPS) is 18.6. The number of carbonyl (C=O) groups excluding carboxylic acids is 1. The maximum absolute atomic E-state index is 12.2. The molecule has 1 aliphatic rings. The van der Waals surface area contributed by atoms with E-state index >= 15 is 0 Å². The predicted octanol–water partition coefficient (Wildman–Crippen LogP) is 4.64. The molecule has 0 radical (unpaired) electrons. The summed E-state index contributed by atoms with van der Waals surface area (Å²) in [6.45, 7) is 5.13. The van der Waals surface area contributed by atoms with E-state index in [0.717, 1.165) is 49.6 Å². The monoisotopic (exact) mass is 548 g/mol. The van der Waals surface area contributed by atoms with Crippen LogP contribution in [0.3, 0.4) is 0 Å². The molecule has 1 N–H and O–H groups in total. The van der Waals surface area contributed by atoms with E-state index < -0.39 is 0 Å². The molecule has 0 saturated carbocycles. The second-order valence-corrected chi connectivity index (χ2v) is 8.54. The SMILES string of the molecule is CCC1CN(C(=NC)NCCc2cccc(C(=O)N(C)C)c2)CCC1c1ccccc1.I. The van der Waals surface area contributed by atoms with Crippen LogP contribution in [-0.4, -0.2) is 62.4 Å². The summed E-state index contributed by atoms with van der Waals surface area (Å²) in [4.78, 5) is 20.8. The predicted molar refractivity (Wildman–Crippen MR) is 144 cm³/mol. The van der Waals surface area contributed by atoms with E-state index in [4.69, 9.17) is 0 Å². The van der Waals surface area contributed by atoms with Gasteiger partial charge in [0.05, 0.1) is 0 Å². The molecule has 2 aromatic rings. The molecule has 2 atom stereocenters. The third-order valence-corrected chi connectivity index (χ3v) is 6.27. The Labute approximate surface area is 210 Å². The molecule has 2 aromatic carbocycles. The van der Waals surface area contributed by atoms with Crippen LogP contribution >= 0.6 is 24.0 Å². The number of halogens is 1. The molecule has 3 rings (SSSR count). The Morgan fingerprint density at radius 3 is 2.56 bits per heavy atom. The van der Waals surface area contributed by atoms with Gasteiger partial charge in [0.2, 0.25) is 0 Å². The highest BCUT2D eigenvalue weighted by atomic mass is 127. The van der Waals surface area contributed by atoms with Gasteiger partial charge in [-0.05, 0) is 47.9 Å². The third kappa shape index (κ3) is 6.70. The molecule has 6 heteroatoms. The fraction of sp³-hybridized carbons (Fsp3) is 0.462. The number of hydrogen-bond acceptors (Lipinski definition) is 2. The van der Waals surface area contributed by atoms with Crippen molar-refractivity contribution in [2.45, 2.75) is 32.1 Å². The van der Waals surface area contributed by atoms with Gasteiger partial charge < -0.3 is 15.1 Å². The van der Waals surface area contributed by atoms with Crippen LogP contribution in [0.15, 0.2) is 59.6 Å². The first-order valence-electron chi connectivity index (χ1n) is 11.3. The Morgan fingerprint density at radius 2 is 1.91 bits per heavy atom. The van der Waals surface area contributed by atoms with E-state index in [2.05, 4.69) is 58.5 Å². The smallest absolute Gasteiger partial charge is 0.253 e. The largest absolute Gasteiger partial charge is 0.356 e. The third-order valence-electron chi connectivity index (χ3n) is 6.27. The number of likely N-dealkylation sites (tertiary alicyclic amines) is 1. The Hall–Kier alpha value is -2.09. The molecule has 32 heavy (non-hydrogen) atoms. The summed E-state index contributed by atoms with van der Waals surface area (Å²) in [5.41, 5.74) is 3.36. The van der Waals surface area contributed by atoms with Crippen molar-refractivity contribution >= 4 is 35.8 Å². The van der Waals surface area contributed by atoms with Crippen molar-refractivity contribution < 1.29 is 4.79 Å². The summed E-state index contributed by atoms with van der Waals surface area (Å²) < 4.78 is 0. The number of piperidine rings is 1. The molecular weight excluding hydrogens is 511 g/mol. The highest BCUT2D eigenvalue weighted by molar-refractivity contribution is 14.0. The minimum Gasteiger partial charge on any atom is -0.356 e. The minimum absolute atomic E-state index is 0. The molecule has 0 bridgehead atoms. The van der Waals surface area contributed by atoms with E-state index in [1.165, 1.54) is 12.0 Å². The van der Waals surface area contributed by atoms with E-state index in [0.29, 0.717) is 11.8 Å². The average molecular weight is 549 g/mol. The van der Waals surface area contributed by atoms with Crippen molar-refractivity contribution in [3.63, 3.8) is 0 Å². The van der Waals surface area contributed by atoms with Crippen molar-refractivity contribution in [2.75, 3.05) is 40.8 Å². The summed E-state index contributed by atoms with van der Waals surface area (Å²) in [6, 6.07) is 18.8. The van der Waals surface area contributed by atoms with Crippen LogP contribution in [0.1, 0.15) is 47.2 Å². The lowest BCUT2D eigenvalue weighted by atomic mass is 9.79. The zero-order valence-corrected chi connectivity index (χ0v) is 22.1. The van der Waals surface area contributed by atoms with E-state index in [1.807, 2.05) is 25.2 Å². The first-order valence-corrected chi connectivity index (χ1v) is 11.3. The lowest BCUT2D eigenvalue weighted by Gasteiger charge is -2.40. The summed E-state index contributed by atoms with van der Waals surface area (Å²) >= 11 is 0. The van der Waals surface area contributed by atoms with Crippen LogP contribution in [0.25, 0.3) is 0 Å². The summed E-state index contributed by atoms with van der Waals surface area (Å²) in [7, 11) is 5.43. The Kier molecular flexibility index (Phi) is 10.5. The van der Waals surface area contributed by atoms with Gasteiger partial charge in [-0.15, -0.1) is 24.0 Å². The second kappa shape index (κ2) is 12.8. The van der Waals surface area contributed by atoms with Gasteiger partial charge in [0.25, 0.3) is 5.91 Å². The molecule has 2 unspecified atom stereocenters. The lowest BCUT2D eigenvalue weighted by Crippen LogP contribution is -2.48. The number of nitrogens with one attached hydrogen (secondary N) is 1. The van der Waals surface area contributed by atoms with Gasteiger partial charge >= 0.3 is 0 Å². The van der Waals surface area contributed by atoms with Crippen LogP contribution in [0, 0.1) is 5.92 Å². The van der Waals surface area contributed by atoms with Gasteiger partial charge in [0, 0.05) is 46.3 Å². The maximum atomic E-state index is 12.2. The van der Waals surface area contributed by atoms with E-state index in [-0.39, 0.29) is 29.9 Å². The van der Waals surface area contributed by atoms with Gasteiger partial charge in [-0.25, -0.2) is 0 Å². The lowest BCUT2D eigenvalue weighted by molar-refractivity contribution is 0.0827. The number of benzene rings is 2. The average Bonchev–Trinajstić information content (AvgIpc) is 2.81. The number of hydrogen-bond donors (Lipinski definition) is 1. The van der Waals surface area contributed by atoms with Crippen molar-refractivity contribution in [1.82, 2.24) is 15.1 Å². The number of carbonyl (C=O) groups is 1. The molecule has 0 spiro atoms. The standard InChI is InChI=1S/C26H36N4O.HI/c1-5-21-19-30(17-15-24(21)22-11-7-6-8-12-22)26(27-2)28-16-14-20-10-9-13-23(18-20)25(31)29(3)4;/h6-13,18,21,24H,5,14-17,19H2,1-4H3,(H,27,28);1H. The molecule has 1 saturated heterocycles. The highest BCUT2D eigenvalue weighted by Crippen LogP contribution is 2.34. The topological polar surface area (TPSA) is 47.9 Å². The van der Waals surface area contributed by atoms with E-state index in [1.54, 1.807) is 19.0 Å². The Bertz CT molecular complexity index is 884. The molecule has 1 heterocycles. The zero-order chi connectivity index (χ0) is 22.2. The van der Waals surface area contributed by atoms with Crippen molar-refractivity contribution in [2.24, 2.45) is 10.9 Å². The number of rotatable bonds is 6.